The Morgan fingerprint density at radius 3 is 2.73 bits per heavy atom. The van der Waals surface area contributed by atoms with Crippen LogP contribution in [0.1, 0.15) is 13.3 Å². The standard InChI is InChI=1S/C8H16N3/c1-4-9-7-11-6-5-8(11)10(2)3/h8H,4-6H2,1-3H3/q+1. The molecule has 0 aromatic heterocycles. The average molecular weight is 154 g/mol. The highest BCUT2D eigenvalue weighted by Gasteiger charge is 2.29. The minimum Gasteiger partial charge on any atom is -0.271 e. The van der Waals surface area contributed by atoms with Crippen LogP contribution in [0.4, 0.5) is 0 Å². The second-order valence-electron chi connectivity index (χ2n) is 3.00. The summed E-state index contributed by atoms with van der Waals surface area (Å²) in [5, 5.41) is 0. The molecule has 0 aromatic carbocycles. The van der Waals surface area contributed by atoms with E-state index in [4.69, 9.17) is 0 Å². The van der Waals surface area contributed by atoms with Crippen LogP contribution in [0.2, 0.25) is 0 Å². The minimum atomic E-state index is 0.533. The van der Waals surface area contributed by atoms with E-state index in [-0.39, 0.29) is 0 Å². The van der Waals surface area contributed by atoms with Gasteiger partial charge >= 0.3 is 6.01 Å². The van der Waals surface area contributed by atoms with Gasteiger partial charge in [0.05, 0.1) is 0 Å². The third kappa shape index (κ3) is 1.88. The number of hydrogen-bond acceptors (Lipinski definition) is 2. The molecule has 1 atom stereocenters. The van der Waals surface area contributed by atoms with Crippen LogP contribution in [0.25, 0.3) is 0 Å². The van der Waals surface area contributed by atoms with Gasteiger partial charge in [-0.3, -0.25) is 4.90 Å². The molecule has 1 heterocycles. The molecular formula is C8H16N3+. The Hall–Kier alpha value is -0.660. The minimum absolute atomic E-state index is 0.533. The predicted octanol–water partition coefficient (Wildman–Crippen LogP) is 0.484. The highest BCUT2D eigenvalue weighted by atomic mass is 15.3. The third-order valence-corrected chi connectivity index (χ3v) is 1.94. The smallest absolute Gasteiger partial charge is 0.271 e. The van der Waals surface area contributed by atoms with Gasteiger partial charge in [0.1, 0.15) is 13.1 Å². The van der Waals surface area contributed by atoms with Gasteiger partial charge in [-0.2, -0.15) is 0 Å². The quantitative estimate of drug-likeness (QED) is 0.418. The maximum Gasteiger partial charge on any atom is 0.307 e. The molecule has 1 aliphatic rings. The van der Waals surface area contributed by atoms with E-state index in [1.807, 2.05) is 6.92 Å². The summed E-state index contributed by atoms with van der Waals surface area (Å²) in [5.41, 5.74) is 0. The topological polar surface area (TPSA) is 18.6 Å². The molecule has 0 aromatic rings. The lowest BCUT2D eigenvalue weighted by Gasteiger charge is -2.30. The first-order valence-corrected chi connectivity index (χ1v) is 4.11. The zero-order valence-corrected chi connectivity index (χ0v) is 7.54. The van der Waals surface area contributed by atoms with E-state index < -0.39 is 0 Å². The summed E-state index contributed by atoms with van der Waals surface area (Å²) in [6, 6.07) is 3.02. The van der Waals surface area contributed by atoms with Gasteiger partial charge in [0.15, 0.2) is 6.17 Å². The Labute approximate surface area is 68.0 Å². The molecule has 1 aliphatic heterocycles. The Bertz CT molecular complexity index is 190. The van der Waals surface area contributed by atoms with E-state index in [1.165, 1.54) is 6.42 Å². The van der Waals surface area contributed by atoms with Crippen molar-refractivity contribution in [3.8, 4) is 0 Å². The van der Waals surface area contributed by atoms with Crippen molar-refractivity contribution in [2.24, 2.45) is 4.99 Å². The van der Waals surface area contributed by atoms with Crippen LogP contribution < -0.4 is 0 Å². The number of rotatable bonds is 2. The van der Waals surface area contributed by atoms with E-state index in [2.05, 4.69) is 34.6 Å². The molecule has 62 valence electrons. The fourth-order valence-electron chi connectivity index (χ4n) is 1.19. The van der Waals surface area contributed by atoms with Crippen LogP contribution >= 0.6 is 0 Å². The summed E-state index contributed by atoms with van der Waals surface area (Å²) < 4.78 is 2.14. The van der Waals surface area contributed by atoms with Crippen molar-refractivity contribution in [2.75, 3.05) is 27.2 Å². The van der Waals surface area contributed by atoms with Crippen molar-refractivity contribution in [2.45, 2.75) is 19.5 Å². The summed E-state index contributed by atoms with van der Waals surface area (Å²) in [4.78, 5) is 6.27. The Morgan fingerprint density at radius 2 is 2.36 bits per heavy atom. The summed E-state index contributed by atoms with van der Waals surface area (Å²) in [6.45, 7) is 3.96. The van der Waals surface area contributed by atoms with Gasteiger partial charge < -0.3 is 0 Å². The molecule has 1 saturated heterocycles. The van der Waals surface area contributed by atoms with E-state index in [1.54, 1.807) is 0 Å². The summed E-state index contributed by atoms with van der Waals surface area (Å²) >= 11 is 0. The summed E-state index contributed by atoms with van der Waals surface area (Å²) in [7, 11) is 4.18. The van der Waals surface area contributed by atoms with Gasteiger partial charge in [-0.1, -0.05) is 0 Å². The van der Waals surface area contributed by atoms with Gasteiger partial charge in [-0.15, -0.1) is 0 Å². The van der Waals surface area contributed by atoms with Crippen molar-refractivity contribution in [3.05, 3.63) is 0 Å². The van der Waals surface area contributed by atoms with E-state index in [0.717, 1.165) is 13.1 Å². The molecule has 0 bridgehead atoms. The first-order valence-electron chi connectivity index (χ1n) is 4.11. The van der Waals surface area contributed by atoms with Crippen molar-refractivity contribution >= 4 is 6.01 Å². The van der Waals surface area contributed by atoms with Gasteiger partial charge in [0.2, 0.25) is 0 Å². The Kier molecular flexibility index (Phi) is 2.80. The maximum atomic E-state index is 4.08. The van der Waals surface area contributed by atoms with Gasteiger partial charge in [-0.25, -0.2) is 4.58 Å². The summed E-state index contributed by atoms with van der Waals surface area (Å²) in [5.74, 6) is 0. The Balaban J connectivity index is 2.55. The van der Waals surface area contributed by atoms with Crippen molar-refractivity contribution in [1.82, 2.24) is 4.90 Å². The number of nitrogens with zero attached hydrogens (tertiary/aromatic N) is 3. The van der Waals surface area contributed by atoms with E-state index in [9.17, 15) is 0 Å². The zero-order valence-electron chi connectivity index (χ0n) is 7.54. The maximum absolute atomic E-state index is 4.08. The van der Waals surface area contributed by atoms with Gasteiger partial charge in [0.25, 0.3) is 0 Å². The van der Waals surface area contributed by atoms with E-state index in [0.29, 0.717) is 6.17 Å². The van der Waals surface area contributed by atoms with Crippen LogP contribution in [0.5, 0.6) is 0 Å². The lowest BCUT2D eigenvalue weighted by atomic mass is 10.2. The molecule has 1 unspecified atom stereocenters. The first kappa shape index (κ1) is 8.44. The number of aliphatic imine (C=N–C) groups is 1. The molecule has 0 saturated carbocycles. The lowest BCUT2D eigenvalue weighted by molar-refractivity contribution is -0.643. The molecule has 3 heteroatoms. The fourth-order valence-corrected chi connectivity index (χ4v) is 1.19. The van der Waals surface area contributed by atoms with Crippen LogP contribution in [0.3, 0.4) is 0 Å². The average Bonchev–Trinajstić information content (AvgIpc) is 1.84. The van der Waals surface area contributed by atoms with Crippen LogP contribution in [0, 0.1) is 0 Å². The predicted molar refractivity (Wildman–Crippen MR) is 45.2 cm³/mol. The van der Waals surface area contributed by atoms with Crippen LogP contribution in [-0.2, 0) is 0 Å². The normalized spacial score (nSPS) is 22.9. The number of hydrogen-bond donors (Lipinski definition) is 0. The SMILES string of the molecule is CCN=C=[N+]1CCC1N(C)C. The molecular weight excluding hydrogens is 138 g/mol. The summed E-state index contributed by atoms with van der Waals surface area (Å²) in [6.07, 6.45) is 1.77. The lowest BCUT2D eigenvalue weighted by Crippen LogP contribution is -2.49. The molecule has 0 N–H and O–H groups in total. The fraction of sp³-hybridized carbons (Fsp3) is 0.875. The molecule has 0 spiro atoms. The van der Waals surface area contributed by atoms with Crippen molar-refractivity contribution in [3.63, 3.8) is 0 Å². The van der Waals surface area contributed by atoms with Crippen LogP contribution in [0.15, 0.2) is 4.99 Å². The van der Waals surface area contributed by atoms with Crippen molar-refractivity contribution < 1.29 is 4.58 Å². The van der Waals surface area contributed by atoms with Gasteiger partial charge in [0, 0.05) is 6.42 Å². The molecule has 0 amide bonds. The largest absolute Gasteiger partial charge is 0.307 e. The molecule has 0 radical (unpaired) electrons. The second-order valence-corrected chi connectivity index (χ2v) is 3.00. The Morgan fingerprint density at radius 1 is 1.64 bits per heavy atom. The molecule has 11 heavy (non-hydrogen) atoms. The second kappa shape index (κ2) is 3.65. The monoisotopic (exact) mass is 154 g/mol. The molecule has 3 nitrogen and oxygen atoms in total. The third-order valence-electron chi connectivity index (χ3n) is 1.94. The zero-order chi connectivity index (χ0) is 8.27. The highest BCUT2D eigenvalue weighted by Crippen LogP contribution is 2.11. The molecule has 0 aliphatic carbocycles. The molecule has 1 fully saturated rings. The highest BCUT2D eigenvalue weighted by molar-refractivity contribution is 5.34. The van der Waals surface area contributed by atoms with Gasteiger partial charge in [-0.05, 0) is 26.0 Å². The van der Waals surface area contributed by atoms with Crippen molar-refractivity contribution in [1.29, 1.82) is 0 Å². The molecule has 1 rings (SSSR count). The van der Waals surface area contributed by atoms with E-state index >= 15 is 0 Å². The van der Waals surface area contributed by atoms with Crippen LogP contribution in [-0.4, -0.2) is 48.8 Å². The first-order chi connectivity index (χ1) is 5.25.